The zero-order chi connectivity index (χ0) is 14.7. The molecule has 1 aromatic carbocycles. The van der Waals surface area contributed by atoms with Crippen molar-refractivity contribution in [3.05, 3.63) is 35.4 Å². The number of amides is 3. The molecule has 1 fully saturated rings. The molecule has 2 rings (SSSR count). The molecule has 0 atom stereocenters. The Hall–Kier alpha value is -2.57. The smallest absolute Gasteiger partial charge is 0.407 e. The first-order valence-electron chi connectivity index (χ1n) is 6.16. The fraction of sp³-hybridized carbons (Fsp3) is 0.308. The summed E-state index contributed by atoms with van der Waals surface area (Å²) in [4.78, 5) is 37.3. The van der Waals surface area contributed by atoms with Gasteiger partial charge in [0.15, 0.2) is 0 Å². The molecule has 0 aliphatic carbocycles. The molecule has 1 saturated heterocycles. The maximum Gasteiger partial charge on any atom is 0.407 e. The molecule has 3 N–H and O–H groups in total. The van der Waals surface area contributed by atoms with Crippen LogP contribution in [0.3, 0.4) is 0 Å². The van der Waals surface area contributed by atoms with Crippen molar-refractivity contribution in [3.63, 3.8) is 0 Å². The average molecular weight is 277 g/mol. The van der Waals surface area contributed by atoms with E-state index >= 15 is 0 Å². The van der Waals surface area contributed by atoms with Gasteiger partial charge in [0.05, 0.1) is 11.1 Å². The summed E-state index contributed by atoms with van der Waals surface area (Å²) >= 11 is 0. The minimum absolute atomic E-state index is 0.179. The van der Waals surface area contributed by atoms with Crippen molar-refractivity contribution in [3.8, 4) is 0 Å². The van der Waals surface area contributed by atoms with Crippen molar-refractivity contribution >= 4 is 17.9 Å². The van der Waals surface area contributed by atoms with E-state index < -0.39 is 12.0 Å². The van der Waals surface area contributed by atoms with E-state index in [1.54, 1.807) is 18.2 Å². The average Bonchev–Trinajstić information content (AvgIpc) is 2.46. The zero-order valence-electron chi connectivity index (χ0n) is 10.8. The fourth-order valence-electron chi connectivity index (χ4n) is 2.16. The van der Waals surface area contributed by atoms with Crippen LogP contribution in [0.4, 0.5) is 4.79 Å². The van der Waals surface area contributed by atoms with Gasteiger partial charge in [-0.25, -0.2) is 4.79 Å². The predicted octanol–water partition coefficient (Wildman–Crippen LogP) is 0.221. The first-order chi connectivity index (χ1) is 9.50. The summed E-state index contributed by atoms with van der Waals surface area (Å²) in [5.41, 5.74) is 5.68. The topological polar surface area (TPSA) is 104 Å². The number of hydrogen-bond donors (Lipinski definition) is 2. The number of nitrogens with zero attached hydrogens (tertiary/aromatic N) is 2. The number of rotatable bonds is 2. The molecule has 0 bridgehead atoms. The Morgan fingerprint density at radius 2 is 1.45 bits per heavy atom. The molecule has 3 amide bonds. The molecule has 106 valence electrons. The Morgan fingerprint density at radius 3 is 1.95 bits per heavy atom. The predicted molar refractivity (Wildman–Crippen MR) is 70.5 cm³/mol. The maximum absolute atomic E-state index is 12.4. The summed E-state index contributed by atoms with van der Waals surface area (Å²) in [5.74, 6) is -0.956. The van der Waals surface area contributed by atoms with Gasteiger partial charge in [-0.3, -0.25) is 9.59 Å². The monoisotopic (exact) mass is 277 g/mol. The summed E-state index contributed by atoms with van der Waals surface area (Å²) in [5, 5.41) is 8.86. The molecule has 1 aliphatic rings. The van der Waals surface area contributed by atoms with E-state index in [9.17, 15) is 14.4 Å². The van der Waals surface area contributed by atoms with Crippen LogP contribution >= 0.6 is 0 Å². The number of primary amides is 1. The molecule has 0 unspecified atom stereocenters. The van der Waals surface area contributed by atoms with Crippen LogP contribution in [-0.2, 0) is 0 Å². The summed E-state index contributed by atoms with van der Waals surface area (Å²) in [6.45, 7) is 1.14. The molecule has 20 heavy (non-hydrogen) atoms. The highest BCUT2D eigenvalue weighted by Crippen LogP contribution is 2.13. The molecule has 0 saturated carbocycles. The number of carbonyl (C=O) groups is 3. The SMILES string of the molecule is NC(=O)c1ccccc1C(=O)N1CCN(C(=O)O)CC1. The molecule has 1 heterocycles. The van der Waals surface area contributed by atoms with Crippen molar-refractivity contribution in [1.82, 2.24) is 9.80 Å². The number of carboxylic acid groups (broad SMARTS) is 1. The maximum atomic E-state index is 12.4. The number of piperazine rings is 1. The lowest BCUT2D eigenvalue weighted by Crippen LogP contribution is -2.50. The van der Waals surface area contributed by atoms with Gasteiger partial charge in [0.2, 0.25) is 5.91 Å². The highest BCUT2D eigenvalue weighted by molar-refractivity contribution is 6.06. The fourth-order valence-corrected chi connectivity index (χ4v) is 2.16. The van der Waals surface area contributed by atoms with Gasteiger partial charge in [0, 0.05) is 26.2 Å². The van der Waals surface area contributed by atoms with Gasteiger partial charge in [-0.05, 0) is 12.1 Å². The van der Waals surface area contributed by atoms with Gasteiger partial charge in [-0.1, -0.05) is 12.1 Å². The Kier molecular flexibility index (Phi) is 3.88. The van der Waals surface area contributed by atoms with Crippen molar-refractivity contribution < 1.29 is 19.5 Å². The van der Waals surface area contributed by atoms with Crippen LogP contribution in [0.2, 0.25) is 0 Å². The van der Waals surface area contributed by atoms with Gasteiger partial charge >= 0.3 is 6.09 Å². The van der Waals surface area contributed by atoms with E-state index in [0.717, 1.165) is 0 Å². The molecule has 1 aromatic rings. The van der Waals surface area contributed by atoms with E-state index in [2.05, 4.69) is 0 Å². The summed E-state index contributed by atoms with van der Waals surface area (Å²) in [6, 6.07) is 6.35. The van der Waals surface area contributed by atoms with E-state index in [-0.39, 0.29) is 30.1 Å². The van der Waals surface area contributed by atoms with E-state index in [0.29, 0.717) is 13.1 Å². The normalized spacial score (nSPS) is 15.0. The second kappa shape index (κ2) is 5.60. The largest absolute Gasteiger partial charge is 0.465 e. The van der Waals surface area contributed by atoms with E-state index in [1.165, 1.54) is 15.9 Å². The van der Waals surface area contributed by atoms with Gasteiger partial charge in [0.25, 0.3) is 5.91 Å². The first-order valence-corrected chi connectivity index (χ1v) is 6.16. The summed E-state index contributed by atoms with van der Waals surface area (Å²) in [6.07, 6.45) is -0.991. The van der Waals surface area contributed by atoms with Gasteiger partial charge < -0.3 is 20.6 Å². The van der Waals surface area contributed by atoms with Gasteiger partial charge in [-0.2, -0.15) is 0 Å². The van der Waals surface area contributed by atoms with Crippen molar-refractivity contribution in [2.45, 2.75) is 0 Å². The number of hydrogen-bond acceptors (Lipinski definition) is 3. The molecule has 0 radical (unpaired) electrons. The lowest BCUT2D eigenvalue weighted by atomic mass is 10.1. The first kappa shape index (κ1) is 13.9. The molecule has 7 heteroatoms. The van der Waals surface area contributed by atoms with Crippen molar-refractivity contribution in [2.75, 3.05) is 26.2 Å². The third kappa shape index (κ3) is 2.71. The lowest BCUT2D eigenvalue weighted by molar-refractivity contribution is 0.0622. The minimum atomic E-state index is -0.991. The van der Waals surface area contributed by atoms with Crippen LogP contribution in [0.15, 0.2) is 24.3 Å². The van der Waals surface area contributed by atoms with Crippen LogP contribution < -0.4 is 5.73 Å². The third-order valence-electron chi connectivity index (χ3n) is 3.26. The van der Waals surface area contributed by atoms with Gasteiger partial charge in [-0.15, -0.1) is 0 Å². The summed E-state index contributed by atoms with van der Waals surface area (Å²) < 4.78 is 0. The molecule has 1 aliphatic heterocycles. The lowest BCUT2D eigenvalue weighted by Gasteiger charge is -2.33. The quantitative estimate of drug-likeness (QED) is 0.806. The second-order valence-electron chi connectivity index (χ2n) is 4.47. The molecular weight excluding hydrogens is 262 g/mol. The van der Waals surface area contributed by atoms with Gasteiger partial charge in [0.1, 0.15) is 0 Å². The highest BCUT2D eigenvalue weighted by atomic mass is 16.4. The number of benzene rings is 1. The minimum Gasteiger partial charge on any atom is -0.465 e. The van der Waals surface area contributed by atoms with Crippen LogP contribution in [0.5, 0.6) is 0 Å². The second-order valence-corrected chi connectivity index (χ2v) is 4.47. The Bertz CT molecular complexity index is 550. The van der Waals surface area contributed by atoms with Crippen LogP contribution in [-0.4, -0.2) is 59.0 Å². The Balaban J connectivity index is 2.13. The van der Waals surface area contributed by atoms with Crippen molar-refractivity contribution in [1.29, 1.82) is 0 Å². The standard InChI is InChI=1S/C13H15N3O4/c14-11(17)9-3-1-2-4-10(9)12(18)15-5-7-16(8-6-15)13(19)20/h1-4H,5-8H2,(H2,14,17)(H,19,20). The van der Waals surface area contributed by atoms with Crippen LogP contribution in [0.25, 0.3) is 0 Å². The zero-order valence-corrected chi connectivity index (χ0v) is 10.8. The number of carbonyl (C=O) groups excluding carboxylic acids is 2. The summed E-state index contributed by atoms with van der Waals surface area (Å²) in [7, 11) is 0. The van der Waals surface area contributed by atoms with E-state index in [1.807, 2.05) is 0 Å². The molecular formula is C13H15N3O4. The molecule has 0 aromatic heterocycles. The van der Waals surface area contributed by atoms with Crippen molar-refractivity contribution in [2.24, 2.45) is 5.73 Å². The van der Waals surface area contributed by atoms with Crippen LogP contribution in [0.1, 0.15) is 20.7 Å². The van der Waals surface area contributed by atoms with Crippen LogP contribution in [0, 0.1) is 0 Å². The highest BCUT2D eigenvalue weighted by Gasteiger charge is 2.26. The number of nitrogens with two attached hydrogens (primary N) is 1. The Morgan fingerprint density at radius 1 is 0.950 bits per heavy atom. The van der Waals surface area contributed by atoms with E-state index in [4.69, 9.17) is 10.8 Å². The Labute approximate surface area is 115 Å². The molecule has 0 spiro atoms. The third-order valence-corrected chi connectivity index (χ3v) is 3.26. The molecule has 7 nitrogen and oxygen atoms in total.